The van der Waals surface area contributed by atoms with E-state index >= 15 is 0 Å². The van der Waals surface area contributed by atoms with E-state index in [0.29, 0.717) is 18.6 Å². The molecule has 0 spiro atoms. The van der Waals surface area contributed by atoms with Gasteiger partial charge in [0.2, 0.25) is 5.75 Å². The zero-order valence-electron chi connectivity index (χ0n) is 19.2. The summed E-state index contributed by atoms with van der Waals surface area (Å²) >= 11 is 0. The molecule has 0 aliphatic carbocycles. The fourth-order valence-corrected chi connectivity index (χ4v) is 3.28. The Kier molecular flexibility index (Phi) is 14.5. The van der Waals surface area contributed by atoms with Crippen molar-refractivity contribution >= 4 is 11.9 Å². The van der Waals surface area contributed by atoms with Crippen molar-refractivity contribution in [1.82, 2.24) is 0 Å². The maximum atomic E-state index is 12.3. The summed E-state index contributed by atoms with van der Waals surface area (Å²) in [7, 11) is 1.50. The molecule has 0 radical (unpaired) electrons. The predicted molar refractivity (Wildman–Crippen MR) is 120 cm³/mol. The Morgan fingerprint density at radius 2 is 1.13 bits per heavy atom. The third-order valence-electron chi connectivity index (χ3n) is 5.07. The summed E-state index contributed by atoms with van der Waals surface area (Å²) in [6, 6.07) is 5.05. The molecule has 0 saturated carbocycles. The van der Waals surface area contributed by atoms with Gasteiger partial charge in [0.25, 0.3) is 0 Å². The van der Waals surface area contributed by atoms with Crippen LogP contribution < -0.4 is 14.2 Å². The Balaban J connectivity index is 2.52. The highest BCUT2D eigenvalue weighted by atomic mass is 16.6. The molecule has 170 valence electrons. The Morgan fingerprint density at radius 1 is 0.667 bits per heavy atom. The van der Waals surface area contributed by atoms with Crippen molar-refractivity contribution in [2.75, 3.05) is 7.11 Å². The minimum Gasteiger partial charge on any atom is -0.493 e. The van der Waals surface area contributed by atoms with Crippen molar-refractivity contribution < 1.29 is 23.8 Å². The zero-order valence-corrected chi connectivity index (χ0v) is 19.2. The first-order valence-corrected chi connectivity index (χ1v) is 11.7. The monoisotopic (exact) mass is 420 g/mol. The molecule has 1 aromatic rings. The number of carbonyl (C=O) groups excluding carboxylic acids is 2. The second kappa shape index (κ2) is 16.7. The third-order valence-corrected chi connectivity index (χ3v) is 5.07. The van der Waals surface area contributed by atoms with E-state index in [1.807, 2.05) is 0 Å². The quantitative estimate of drug-likeness (QED) is 0.154. The number of hydrogen-bond acceptors (Lipinski definition) is 5. The zero-order chi connectivity index (χ0) is 22.0. The Bertz CT molecular complexity index is 612. The highest BCUT2D eigenvalue weighted by Crippen LogP contribution is 2.37. The smallest absolute Gasteiger partial charge is 0.311 e. The molecule has 30 heavy (non-hydrogen) atoms. The number of benzene rings is 1. The Labute approximate surface area is 182 Å². The van der Waals surface area contributed by atoms with Crippen LogP contribution in [0.3, 0.4) is 0 Å². The predicted octanol–water partition coefficient (Wildman–Crippen LogP) is 7.01. The molecule has 5 nitrogen and oxygen atoms in total. The number of esters is 2. The SMILES string of the molecule is CCCCCCCCC(=O)Oc1cccc(OC)c1OC(=O)CCCCCCCC. The van der Waals surface area contributed by atoms with Crippen LogP contribution in [0.15, 0.2) is 18.2 Å². The van der Waals surface area contributed by atoms with Gasteiger partial charge in [-0.15, -0.1) is 0 Å². The van der Waals surface area contributed by atoms with Gasteiger partial charge in [0, 0.05) is 12.8 Å². The molecule has 0 unspecified atom stereocenters. The second-order valence-electron chi connectivity index (χ2n) is 7.77. The second-order valence-corrected chi connectivity index (χ2v) is 7.77. The molecule has 0 bridgehead atoms. The lowest BCUT2D eigenvalue weighted by atomic mass is 10.1. The van der Waals surface area contributed by atoms with Gasteiger partial charge in [-0.3, -0.25) is 9.59 Å². The van der Waals surface area contributed by atoms with Gasteiger partial charge >= 0.3 is 11.9 Å². The first-order valence-electron chi connectivity index (χ1n) is 11.7. The van der Waals surface area contributed by atoms with Gasteiger partial charge in [-0.25, -0.2) is 0 Å². The lowest BCUT2D eigenvalue weighted by molar-refractivity contribution is -0.137. The summed E-state index contributed by atoms with van der Waals surface area (Å²) in [5, 5.41) is 0. The van der Waals surface area contributed by atoms with Crippen LogP contribution in [0.5, 0.6) is 17.2 Å². The molecular formula is C25H40O5. The minimum atomic E-state index is -0.330. The number of hydrogen-bond donors (Lipinski definition) is 0. The molecule has 0 atom stereocenters. The molecule has 0 N–H and O–H groups in total. The summed E-state index contributed by atoms with van der Waals surface area (Å²) in [6.07, 6.45) is 13.9. The molecule has 0 fully saturated rings. The van der Waals surface area contributed by atoms with Crippen molar-refractivity contribution in [3.05, 3.63) is 18.2 Å². The largest absolute Gasteiger partial charge is 0.493 e. The molecule has 1 aromatic carbocycles. The van der Waals surface area contributed by atoms with Gasteiger partial charge in [0.15, 0.2) is 11.5 Å². The first kappa shape index (κ1) is 26.0. The van der Waals surface area contributed by atoms with Crippen LogP contribution in [-0.4, -0.2) is 19.0 Å². The maximum Gasteiger partial charge on any atom is 0.311 e. The normalized spacial score (nSPS) is 10.6. The summed E-state index contributed by atoms with van der Waals surface area (Å²) in [5.74, 6) is 0.167. The minimum absolute atomic E-state index is 0.187. The average Bonchev–Trinajstić information content (AvgIpc) is 2.74. The van der Waals surface area contributed by atoms with Crippen LogP contribution in [0.4, 0.5) is 0 Å². The first-order chi connectivity index (χ1) is 14.6. The molecule has 0 aromatic heterocycles. The van der Waals surface area contributed by atoms with Gasteiger partial charge in [0.1, 0.15) is 0 Å². The van der Waals surface area contributed by atoms with Crippen LogP contribution in [-0.2, 0) is 9.59 Å². The van der Waals surface area contributed by atoms with E-state index in [9.17, 15) is 9.59 Å². The van der Waals surface area contributed by atoms with Crippen molar-refractivity contribution in [2.24, 2.45) is 0 Å². The number of ether oxygens (including phenoxy) is 3. The molecule has 0 amide bonds. The number of para-hydroxylation sites is 1. The number of unbranched alkanes of at least 4 members (excludes halogenated alkanes) is 10. The van der Waals surface area contributed by atoms with Crippen LogP contribution in [0, 0.1) is 0 Å². The van der Waals surface area contributed by atoms with Crippen molar-refractivity contribution in [3.63, 3.8) is 0 Å². The van der Waals surface area contributed by atoms with Gasteiger partial charge < -0.3 is 14.2 Å². The molecule has 0 aliphatic rings. The van der Waals surface area contributed by atoms with E-state index in [-0.39, 0.29) is 23.4 Å². The highest BCUT2D eigenvalue weighted by Gasteiger charge is 2.18. The van der Waals surface area contributed by atoms with E-state index in [2.05, 4.69) is 13.8 Å². The summed E-state index contributed by atoms with van der Waals surface area (Å²) < 4.78 is 16.3. The fraction of sp³-hybridized carbons (Fsp3) is 0.680. The van der Waals surface area contributed by atoms with E-state index in [1.54, 1.807) is 18.2 Å². The third kappa shape index (κ3) is 11.2. The molecule has 0 aliphatic heterocycles. The van der Waals surface area contributed by atoms with E-state index in [1.165, 1.54) is 45.6 Å². The van der Waals surface area contributed by atoms with Gasteiger partial charge in [-0.05, 0) is 25.0 Å². The molecule has 5 heteroatoms. The lowest BCUT2D eigenvalue weighted by Crippen LogP contribution is -2.12. The van der Waals surface area contributed by atoms with Gasteiger partial charge in [-0.2, -0.15) is 0 Å². The topological polar surface area (TPSA) is 61.8 Å². The summed E-state index contributed by atoms with van der Waals surface area (Å²) in [6.45, 7) is 4.37. The molecule has 0 heterocycles. The van der Waals surface area contributed by atoms with Crippen LogP contribution in [0.25, 0.3) is 0 Å². The van der Waals surface area contributed by atoms with E-state index in [0.717, 1.165) is 38.5 Å². The van der Waals surface area contributed by atoms with E-state index in [4.69, 9.17) is 14.2 Å². The summed E-state index contributed by atoms with van der Waals surface area (Å²) in [4.78, 5) is 24.5. The standard InChI is InChI=1S/C25H40O5/c1-4-6-8-10-12-14-19-23(26)29-22-18-16-17-21(28-3)25(22)30-24(27)20-15-13-11-9-7-5-2/h16-18H,4-15,19-20H2,1-3H3. The average molecular weight is 421 g/mol. The lowest BCUT2D eigenvalue weighted by Gasteiger charge is -2.14. The Hall–Kier alpha value is -2.04. The highest BCUT2D eigenvalue weighted by molar-refractivity contribution is 5.77. The van der Waals surface area contributed by atoms with Crippen molar-refractivity contribution in [2.45, 2.75) is 104 Å². The van der Waals surface area contributed by atoms with Gasteiger partial charge in [0.05, 0.1) is 7.11 Å². The Morgan fingerprint density at radius 3 is 1.67 bits per heavy atom. The number of methoxy groups -OCH3 is 1. The maximum absolute atomic E-state index is 12.3. The number of carbonyl (C=O) groups is 2. The van der Waals surface area contributed by atoms with Gasteiger partial charge in [-0.1, -0.05) is 84.1 Å². The fourth-order valence-electron chi connectivity index (χ4n) is 3.28. The van der Waals surface area contributed by atoms with Crippen molar-refractivity contribution in [1.29, 1.82) is 0 Å². The molecular weight excluding hydrogens is 380 g/mol. The summed E-state index contributed by atoms with van der Waals surface area (Å²) in [5.41, 5.74) is 0. The van der Waals surface area contributed by atoms with Crippen molar-refractivity contribution in [3.8, 4) is 17.2 Å². The van der Waals surface area contributed by atoms with Crippen LogP contribution in [0.2, 0.25) is 0 Å². The van der Waals surface area contributed by atoms with Crippen LogP contribution >= 0.6 is 0 Å². The number of rotatable bonds is 17. The molecule has 0 saturated heterocycles. The van der Waals surface area contributed by atoms with Crippen LogP contribution in [0.1, 0.15) is 104 Å². The van der Waals surface area contributed by atoms with E-state index < -0.39 is 0 Å². The molecule has 1 rings (SSSR count).